The third-order valence-electron chi connectivity index (χ3n) is 7.21. The molecule has 0 unspecified atom stereocenters. The van der Waals surface area contributed by atoms with Gasteiger partial charge in [-0.2, -0.15) is 5.26 Å². The van der Waals surface area contributed by atoms with Gasteiger partial charge in [-0.05, 0) is 66.1 Å². The minimum atomic E-state index is -3.93. The first-order valence-electron chi connectivity index (χ1n) is 13.1. The number of ether oxygens (including phenoxy) is 2. The van der Waals surface area contributed by atoms with Crippen molar-refractivity contribution in [2.45, 2.75) is 30.3 Å². The zero-order chi connectivity index (χ0) is 26.8. The van der Waals surface area contributed by atoms with Crippen LogP contribution in [0.2, 0.25) is 0 Å². The summed E-state index contributed by atoms with van der Waals surface area (Å²) in [5.74, 6) is 0.545. The smallest absolute Gasteiger partial charge is 0.269 e. The molecular formula is C30H28N4O4S. The Balaban J connectivity index is 1.50. The number of hydrogen-bond donors (Lipinski definition) is 1. The molecule has 0 radical (unpaired) electrons. The number of hydrogen-bond acceptors (Lipinski definition) is 7. The first-order valence-corrected chi connectivity index (χ1v) is 14.5. The zero-order valence-corrected chi connectivity index (χ0v) is 22.2. The van der Waals surface area contributed by atoms with Crippen molar-refractivity contribution in [1.82, 2.24) is 14.3 Å². The average molecular weight is 541 g/mol. The second-order valence-electron chi connectivity index (χ2n) is 9.64. The third kappa shape index (κ3) is 4.83. The number of benzene rings is 2. The summed E-state index contributed by atoms with van der Waals surface area (Å²) < 4.78 is 40.9. The van der Waals surface area contributed by atoms with E-state index in [1.165, 1.54) is 3.97 Å². The molecule has 0 bridgehead atoms. The Hall–Kier alpha value is -3.97. The SMILES string of the molecule is N#Cc1cc(-c2ccnc3c2cc(C2=CCNCC2)n3S(=O)(=O)c2ccccc2)ccc1OC1CCOCC1. The molecule has 2 aliphatic heterocycles. The maximum Gasteiger partial charge on any atom is 0.269 e. The van der Waals surface area contributed by atoms with Crippen LogP contribution in [0.5, 0.6) is 5.75 Å². The molecule has 9 heteroatoms. The Morgan fingerprint density at radius 2 is 1.90 bits per heavy atom. The van der Waals surface area contributed by atoms with E-state index in [2.05, 4.69) is 16.4 Å². The summed E-state index contributed by atoms with van der Waals surface area (Å²) in [4.78, 5) is 4.75. The summed E-state index contributed by atoms with van der Waals surface area (Å²) in [7, 11) is -3.93. The highest BCUT2D eigenvalue weighted by Gasteiger charge is 2.27. The fraction of sp³-hybridized carbons (Fsp3) is 0.267. The maximum absolute atomic E-state index is 14.0. The Kier molecular flexibility index (Phi) is 6.92. The second-order valence-corrected chi connectivity index (χ2v) is 11.4. The number of rotatable bonds is 6. The van der Waals surface area contributed by atoms with Gasteiger partial charge < -0.3 is 14.8 Å². The van der Waals surface area contributed by atoms with Crippen LogP contribution >= 0.6 is 0 Å². The van der Waals surface area contributed by atoms with Gasteiger partial charge in [0.15, 0.2) is 5.65 Å². The molecule has 0 aliphatic carbocycles. The maximum atomic E-state index is 14.0. The number of nitriles is 1. The second kappa shape index (κ2) is 10.7. The first kappa shape index (κ1) is 25.3. The molecule has 0 saturated carbocycles. The standard InChI is InChI=1S/C30H28N4O4S/c31-20-23-18-22(6-7-29(23)38-24-11-16-37-17-12-24)26-10-15-33-30-27(26)19-28(21-8-13-32-14-9-21)34(30)39(35,36)25-4-2-1-3-5-25/h1-8,10,15,18-19,24,32H,9,11-14,16-17H2. The molecule has 4 heterocycles. The third-order valence-corrected chi connectivity index (χ3v) is 8.93. The highest BCUT2D eigenvalue weighted by Crippen LogP contribution is 2.37. The summed E-state index contributed by atoms with van der Waals surface area (Å²) in [5.41, 5.74) is 3.93. The topological polar surface area (TPSA) is 106 Å². The van der Waals surface area contributed by atoms with Crippen LogP contribution in [0.3, 0.4) is 0 Å². The van der Waals surface area contributed by atoms with E-state index in [9.17, 15) is 13.7 Å². The van der Waals surface area contributed by atoms with Crippen molar-refractivity contribution >= 4 is 26.6 Å². The van der Waals surface area contributed by atoms with Gasteiger partial charge in [0.1, 0.15) is 17.9 Å². The Morgan fingerprint density at radius 3 is 2.64 bits per heavy atom. The predicted molar refractivity (Wildman–Crippen MR) is 149 cm³/mol. The molecule has 2 aromatic heterocycles. The molecule has 4 aromatic rings. The lowest BCUT2D eigenvalue weighted by Gasteiger charge is -2.23. The first-order chi connectivity index (χ1) is 19.1. The molecule has 1 saturated heterocycles. The van der Waals surface area contributed by atoms with Crippen molar-refractivity contribution in [3.8, 4) is 22.9 Å². The van der Waals surface area contributed by atoms with Gasteiger partial charge in [-0.25, -0.2) is 17.4 Å². The van der Waals surface area contributed by atoms with Gasteiger partial charge in [0.05, 0.1) is 29.4 Å². The largest absolute Gasteiger partial charge is 0.489 e. The van der Waals surface area contributed by atoms with Crippen molar-refractivity contribution in [2.75, 3.05) is 26.3 Å². The van der Waals surface area contributed by atoms with Crippen LogP contribution in [0, 0.1) is 11.3 Å². The monoisotopic (exact) mass is 540 g/mol. The summed E-state index contributed by atoms with van der Waals surface area (Å²) in [6.45, 7) is 2.73. The van der Waals surface area contributed by atoms with E-state index in [0.29, 0.717) is 54.2 Å². The van der Waals surface area contributed by atoms with E-state index >= 15 is 0 Å². The number of nitrogens with zero attached hydrogens (tertiary/aromatic N) is 3. The van der Waals surface area contributed by atoms with E-state index in [0.717, 1.165) is 36.1 Å². The summed E-state index contributed by atoms with van der Waals surface area (Å²) in [6.07, 6.45) is 5.94. The van der Waals surface area contributed by atoms with E-state index in [1.54, 1.807) is 42.6 Å². The van der Waals surface area contributed by atoms with Gasteiger partial charge in [0.2, 0.25) is 0 Å². The fourth-order valence-electron chi connectivity index (χ4n) is 5.21. The number of fused-ring (bicyclic) bond motifs is 1. The van der Waals surface area contributed by atoms with E-state index in [4.69, 9.17) is 9.47 Å². The van der Waals surface area contributed by atoms with Crippen LogP contribution in [0.4, 0.5) is 0 Å². The van der Waals surface area contributed by atoms with Crippen LogP contribution in [0.1, 0.15) is 30.5 Å². The average Bonchev–Trinajstić information content (AvgIpc) is 3.40. The zero-order valence-electron chi connectivity index (χ0n) is 21.3. The number of pyridine rings is 1. The van der Waals surface area contributed by atoms with Crippen LogP contribution in [-0.4, -0.2) is 49.8 Å². The molecule has 2 aliphatic rings. The van der Waals surface area contributed by atoms with Crippen molar-refractivity contribution in [3.63, 3.8) is 0 Å². The Bertz CT molecular complexity index is 1700. The normalized spacial score (nSPS) is 16.5. The van der Waals surface area contributed by atoms with Gasteiger partial charge in [0, 0.05) is 31.0 Å². The van der Waals surface area contributed by atoms with Crippen LogP contribution in [-0.2, 0) is 14.8 Å². The molecule has 1 N–H and O–H groups in total. The molecule has 0 amide bonds. The highest BCUT2D eigenvalue weighted by molar-refractivity contribution is 7.90. The highest BCUT2D eigenvalue weighted by atomic mass is 32.2. The lowest BCUT2D eigenvalue weighted by molar-refractivity contribution is 0.0254. The molecule has 39 heavy (non-hydrogen) atoms. The minimum absolute atomic E-state index is 0.0161. The molecule has 6 rings (SSSR count). The molecule has 0 atom stereocenters. The molecule has 0 spiro atoms. The van der Waals surface area contributed by atoms with Crippen molar-refractivity contribution < 1.29 is 17.9 Å². The van der Waals surface area contributed by atoms with Gasteiger partial charge in [-0.3, -0.25) is 0 Å². The molecule has 198 valence electrons. The summed E-state index contributed by atoms with van der Waals surface area (Å²) in [5, 5.41) is 13.9. The van der Waals surface area contributed by atoms with Gasteiger partial charge in [-0.15, -0.1) is 0 Å². The minimum Gasteiger partial charge on any atom is -0.489 e. The van der Waals surface area contributed by atoms with Gasteiger partial charge in [0.25, 0.3) is 10.0 Å². The van der Waals surface area contributed by atoms with Crippen molar-refractivity contribution in [2.24, 2.45) is 0 Å². The number of aromatic nitrogens is 2. The summed E-state index contributed by atoms with van der Waals surface area (Å²) >= 11 is 0. The van der Waals surface area contributed by atoms with E-state index in [-0.39, 0.29) is 11.0 Å². The lowest BCUT2D eigenvalue weighted by atomic mass is 10.00. The van der Waals surface area contributed by atoms with E-state index in [1.807, 2.05) is 30.3 Å². The molecule has 8 nitrogen and oxygen atoms in total. The molecule has 1 fully saturated rings. The van der Waals surface area contributed by atoms with Crippen LogP contribution in [0.25, 0.3) is 27.7 Å². The van der Waals surface area contributed by atoms with Gasteiger partial charge in [-0.1, -0.05) is 30.3 Å². The number of nitrogens with one attached hydrogen (secondary N) is 1. The Morgan fingerprint density at radius 1 is 1.08 bits per heavy atom. The van der Waals surface area contributed by atoms with Crippen molar-refractivity contribution in [1.29, 1.82) is 5.26 Å². The quantitative estimate of drug-likeness (QED) is 0.376. The van der Waals surface area contributed by atoms with Crippen LogP contribution in [0.15, 0.2) is 77.8 Å². The molecule has 2 aromatic carbocycles. The summed E-state index contributed by atoms with van der Waals surface area (Å²) in [6, 6.07) is 20.0. The van der Waals surface area contributed by atoms with Gasteiger partial charge >= 0.3 is 0 Å². The van der Waals surface area contributed by atoms with Crippen LogP contribution < -0.4 is 10.1 Å². The van der Waals surface area contributed by atoms with Crippen molar-refractivity contribution in [3.05, 3.63) is 84.2 Å². The Labute approximate surface area is 227 Å². The van der Waals surface area contributed by atoms with E-state index < -0.39 is 10.0 Å². The predicted octanol–water partition coefficient (Wildman–Crippen LogP) is 4.75. The molecular weight excluding hydrogens is 512 g/mol. The fourth-order valence-corrected chi connectivity index (χ4v) is 6.72. The lowest BCUT2D eigenvalue weighted by Crippen LogP contribution is -2.26.